The molecule has 0 saturated carbocycles. The van der Waals surface area contributed by atoms with Crippen molar-refractivity contribution in [1.29, 1.82) is 0 Å². The van der Waals surface area contributed by atoms with Crippen LogP contribution in [0, 0.1) is 13.8 Å². The van der Waals surface area contributed by atoms with Crippen LogP contribution in [0.3, 0.4) is 0 Å². The number of carbonyl (C=O) groups is 3. The number of nitrogens with zero attached hydrogens (tertiary/aromatic N) is 2. The Morgan fingerprint density at radius 2 is 1.68 bits per heavy atom. The van der Waals surface area contributed by atoms with Gasteiger partial charge in [0.1, 0.15) is 10.9 Å². The third kappa shape index (κ3) is 5.57. The standard InChI is InChI=1S/C31H29N3O5S2/c1-18-9-10-19(2)22(15-18)32-26(35)17-34-23-8-6-5-7-21(23)27(29(34)36)28-30(37)33(31(40)41-28)14-13-20-11-12-24(38-3)25(16-20)39-4/h5-12,15-16H,13-14,17H2,1-4H3,(H,32,35)/b28-27-. The van der Waals surface area contributed by atoms with E-state index in [0.29, 0.717) is 45.7 Å². The summed E-state index contributed by atoms with van der Waals surface area (Å²) in [5.41, 5.74) is 5.06. The lowest BCUT2D eigenvalue weighted by atomic mass is 10.1. The molecule has 2 aliphatic heterocycles. The molecule has 2 aliphatic rings. The third-order valence-corrected chi connectivity index (χ3v) is 8.49. The maximum absolute atomic E-state index is 13.8. The van der Waals surface area contributed by atoms with Crippen LogP contribution in [0.1, 0.15) is 22.3 Å². The Bertz CT molecular complexity index is 1620. The first-order chi connectivity index (χ1) is 19.7. The molecule has 10 heteroatoms. The summed E-state index contributed by atoms with van der Waals surface area (Å²) in [6, 6.07) is 18.6. The van der Waals surface area contributed by atoms with E-state index < -0.39 is 5.91 Å². The number of thiocarbonyl (C=S) groups is 1. The van der Waals surface area contributed by atoms with Crippen molar-refractivity contribution in [3.05, 3.63) is 87.8 Å². The SMILES string of the molecule is COc1ccc(CCN2C(=O)/C(=C3/C(=O)N(CC(=O)Nc4cc(C)ccc4C)c4ccccc43)SC2=S)cc1OC. The lowest BCUT2D eigenvalue weighted by Gasteiger charge is -2.17. The summed E-state index contributed by atoms with van der Waals surface area (Å²) in [6.07, 6.45) is 0.532. The second-order valence-electron chi connectivity index (χ2n) is 9.74. The van der Waals surface area contributed by atoms with Crippen LogP contribution in [0.25, 0.3) is 5.57 Å². The van der Waals surface area contributed by atoms with Gasteiger partial charge in [-0.1, -0.05) is 60.4 Å². The first-order valence-electron chi connectivity index (χ1n) is 13.0. The Kier molecular flexibility index (Phi) is 8.14. The van der Waals surface area contributed by atoms with E-state index in [0.717, 1.165) is 28.5 Å². The molecule has 3 aromatic rings. The van der Waals surface area contributed by atoms with Crippen molar-refractivity contribution in [1.82, 2.24) is 4.90 Å². The van der Waals surface area contributed by atoms with Gasteiger partial charge in [0.25, 0.3) is 11.8 Å². The summed E-state index contributed by atoms with van der Waals surface area (Å²) in [7, 11) is 3.15. The minimum absolute atomic E-state index is 0.188. The number of nitrogens with one attached hydrogen (secondary N) is 1. The number of thioether (sulfide) groups is 1. The molecule has 1 saturated heterocycles. The Balaban J connectivity index is 1.37. The van der Waals surface area contributed by atoms with Crippen LogP contribution >= 0.6 is 24.0 Å². The van der Waals surface area contributed by atoms with Crippen LogP contribution in [-0.2, 0) is 20.8 Å². The fourth-order valence-electron chi connectivity index (χ4n) is 4.88. The summed E-state index contributed by atoms with van der Waals surface area (Å²) < 4.78 is 11.1. The number of ether oxygens (including phenoxy) is 2. The van der Waals surface area contributed by atoms with Crippen LogP contribution in [0.2, 0.25) is 0 Å². The van der Waals surface area contributed by atoms with Gasteiger partial charge in [0.15, 0.2) is 11.5 Å². The number of amides is 3. The molecule has 0 aliphatic carbocycles. The molecule has 5 rings (SSSR count). The van der Waals surface area contributed by atoms with E-state index >= 15 is 0 Å². The van der Waals surface area contributed by atoms with E-state index in [1.807, 2.05) is 56.3 Å². The summed E-state index contributed by atoms with van der Waals surface area (Å²) in [5, 5.41) is 2.92. The first-order valence-corrected chi connectivity index (χ1v) is 14.2. The number of benzene rings is 3. The van der Waals surface area contributed by atoms with Crippen LogP contribution in [0.4, 0.5) is 11.4 Å². The van der Waals surface area contributed by atoms with Gasteiger partial charge in [0.2, 0.25) is 5.91 Å². The first kappa shape index (κ1) is 28.4. The van der Waals surface area contributed by atoms with E-state index in [-0.39, 0.29) is 28.8 Å². The monoisotopic (exact) mass is 587 g/mol. The lowest BCUT2D eigenvalue weighted by Crippen LogP contribution is -2.36. The van der Waals surface area contributed by atoms with Crippen molar-refractivity contribution in [2.75, 3.05) is 37.5 Å². The molecule has 3 amide bonds. The molecule has 0 aromatic heterocycles. The number of fused-ring (bicyclic) bond motifs is 1. The molecule has 8 nitrogen and oxygen atoms in total. The second kappa shape index (κ2) is 11.8. The van der Waals surface area contributed by atoms with Crippen molar-refractivity contribution in [3.63, 3.8) is 0 Å². The highest BCUT2D eigenvalue weighted by molar-refractivity contribution is 8.26. The zero-order valence-corrected chi connectivity index (χ0v) is 24.8. The van der Waals surface area contributed by atoms with Crippen LogP contribution < -0.4 is 19.7 Å². The molecule has 0 atom stereocenters. The fraction of sp³-hybridized carbons (Fsp3) is 0.226. The Hall–Kier alpha value is -4.15. The number of carbonyl (C=O) groups excluding carboxylic acids is 3. The molecule has 0 radical (unpaired) electrons. The van der Waals surface area contributed by atoms with Gasteiger partial charge in [-0.25, -0.2) is 0 Å². The van der Waals surface area contributed by atoms with Crippen molar-refractivity contribution in [2.24, 2.45) is 0 Å². The quantitative estimate of drug-likeness (QED) is 0.289. The van der Waals surface area contributed by atoms with Crippen molar-refractivity contribution in [3.8, 4) is 11.5 Å². The predicted molar refractivity (Wildman–Crippen MR) is 165 cm³/mol. The minimum Gasteiger partial charge on any atom is -0.493 e. The minimum atomic E-state index is -0.400. The number of hydrogen-bond acceptors (Lipinski definition) is 7. The molecule has 41 heavy (non-hydrogen) atoms. The van der Waals surface area contributed by atoms with Crippen LogP contribution in [0.5, 0.6) is 11.5 Å². The molecule has 210 valence electrons. The molecule has 3 aromatic carbocycles. The Morgan fingerprint density at radius 1 is 0.927 bits per heavy atom. The van der Waals surface area contributed by atoms with Crippen molar-refractivity contribution >= 4 is 63.0 Å². The average molecular weight is 588 g/mol. The number of rotatable bonds is 8. The molecular formula is C31H29N3O5S2. The van der Waals surface area contributed by atoms with Gasteiger partial charge >= 0.3 is 0 Å². The Morgan fingerprint density at radius 3 is 2.44 bits per heavy atom. The molecular weight excluding hydrogens is 558 g/mol. The number of hydrogen-bond donors (Lipinski definition) is 1. The zero-order chi connectivity index (χ0) is 29.3. The van der Waals surface area contributed by atoms with Crippen LogP contribution in [-0.4, -0.2) is 54.3 Å². The maximum atomic E-state index is 13.8. The van der Waals surface area contributed by atoms with Crippen molar-refractivity contribution < 1.29 is 23.9 Å². The third-order valence-electron chi connectivity index (χ3n) is 7.04. The summed E-state index contributed by atoms with van der Waals surface area (Å²) >= 11 is 6.68. The van der Waals surface area contributed by atoms with E-state index in [9.17, 15) is 14.4 Å². The molecule has 1 fully saturated rings. The highest BCUT2D eigenvalue weighted by atomic mass is 32.2. The largest absolute Gasteiger partial charge is 0.493 e. The summed E-state index contributed by atoms with van der Waals surface area (Å²) in [6.45, 7) is 4.02. The summed E-state index contributed by atoms with van der Waals surface area (Å²) in [4.78, 5) is 43.6. The molecule has 0 spiro atoms. The van der Waals surface area contributed by atoms with Gasteiger partial charge in [0, 0.05) is 17.8 Å². The van der Waals surface area contributed by atoms with E-state index in [2.05, 4.69) is 5.32 Å². The van der Waals surface area contributed by atoms with E-state index in [4.69, 9.17) is 21.7 Å². The molecule has 2 heterocycles. The number of methoxy groups -OCH3 is 2. The number of para-hydroxylation sites is 1. The maximum Gasteiger partial charge on any atom is 0.267 e. The number of aryl methyl sites for hydroxylation is 2. The van der Waals surface area contributed by atoms with Gasteiger partial charge in [-0.05, 0) is 61.2 Å². The number of anilines is 2. The molecule has 0 bridgehead atoms. The van der Waals surface area contributed by atoms with Gasteiger partial charge in [-0.2, -0.15) is 0 Å². The highest BCUT2D eigenvalue weighted by Gasteiger charge is 2.42. The Labute approximate surface area is 248 Å². The van der Waals surface area contributed by atoms with Crippen LogP contribution in [0.15, 0.2) is 65.6 Å². The molecule has 0 unspecified atom stereocenters. The van der Waals surface area contributed by atoms with Gasteiger partial charge in [-0.3, -0.25) is 24.2 Å². The molecule has 1 N–H and O–H groups in total. The highest BCUT2D eigenvalue weighted by Crippen LogP contribution is 2.44. The van der Waals surface area contributed by atoms with E-state index in [1.165, 1.54) is 9.80 Å². The van der Waals surface area contributed by atoms with Gasteiger partial charge in [-0.15, -0.1) is 0 Å². The normalized spacial score (nSPS) is 16.3. The topological polar surface area (TPSA) is 88.2 Å². The summed E-state index contributed by atoms with van der Waals surface area (Å²) in [5.74, 6) is 0.179. The smallest absolute Gasteiger partial charge is 0.267 e. The van der Waals surface area contributed by atoms with Crippen molar-refractivity contribution in [2.45, 2.75) is 20.3 Å². The van der Waals surface area contributed by atoms with Gasteiger partial charge < -0.3 is 14.8 Å². The zero-order valence-electron chi connectivity index (χ0n) is 23.1. The average Bonchev–Trinajstić information content (AvgIpc) is 3.40. The second-order valence-corrected chi connectivity index (χ2v) is 11.4. The van der Waals surface area contributed by atoms with Gasteiger partial charge in [0.05, 0.1) is 30.4 Å². The lowest BCUT2D eigenvalue weighted by molar-refractivity contribution is -0.122. The van der Waals surface area contributed by atoms with E-state index in [1.54, 1.807) is 32.4 Å². The predicted octanol–water partition coefficient (Wildman–Crippen LogP) is 5.12. The fourth-order valence-corrected chi connectivity index (χ4v) is 6.26.